The maximum Gasteiger partial charge on any atom is 0.306 e. The van der Waals surface area contributed by atoms with Crippen molar-refractivity contribution in [1.82, 2.24) is 0 Å². The predicted octanol–water partition coefficient (Wildman–Crippen LogP) is 9.11. The summed E-state index contributed by atoms with van der Waals surface area (Å²) in [6.07, 6.45) is 29.1. The number of allylic oxidation sites excluding steroid dienone is 4. The molecule has 416 valence electrons. The maximum absolute atomic E-state index is 13.1. The van der Waals surface area contributed by atoms with Crippen LogP contribution in [0, 0.1) is 0 Å². The Morgan fingerprint density at radius 2 is 0.845 bits per heavy atom. The first-order valence-corrected chi connectivity index (χ1v) is 28.4. The van der Waals surface area contributed by atoms with E-state index in [9.17, 15) is 45.3 Å². The highest BCUT2D eigenvalue weighted by molar-refractivity contribution is 5.70. The van der Waals surface area contributed by atoms with E-state index < -0.39 is 92.7 Å². The van der Waals surface area contributed by atoms with Crippen molar-refractivity contribution in [3.8, 4) is 0 Å². The van der Waals surface area contributed by atoms with Gasteiger partial charge in [-0.15, -0.1) is 0 Å². The second-order valence-electron chi connectivity index (χ2n) is 20.1. The summed E-state index contributed by atoms with van der Waals surface area (Å²) in [6.45, 7) is 2.61. The zero-order valence-electron chi connectivity index (χ0n) is 44.2. The first-order valence-electron chi connectivity index (χ1n) is 28.4. The SMILES string of the molecule is CCCCCCC/C=C\C/C=C\CCCCCCCCCCCC(=O)OC(COC(=O)CCCCCCCCCCCCCCCC)COC1OC(COC2OC(CO)C(O)C(O)C2O)C(O)C(O)C1O. The third-order valence-corrected chi connectivity index (χ3v) is 13.7. The number of esters is 2. The quantitative estimate of drug-likeness (QED) is 0.0171. The summed E-state index contributed by atoms with van der Waals surface area (Å²) in [5, 5.41) is 72.2. The number of carbonyl (C=O) groups is 2. The molecule has 2 saturated heterocycles. The average molecular weight is 1020 g/mol. The number of aliphatic hydroxyl groups excluding tert-OH is 7. The van der Waals surface area contributed by atoms with Crippen molar-refractivity contribution < 1.29 is 73.8 Å². The highest BCUT2D eigenvalue weighted by Gasteiger charge is 2.47. The van der Waals surface area contributed by atoms with Crippen molar-refractivity contribution in [3.05, 3.63) is 24.3 Å². The summed E-state index contributed by atoms with van der Waals surface area (Å²) >= 11 is 0. The average Bonchev–Trinajstić information content (AvgIpc) is 3.36. The Kier molecular flexibility index (Phi) is 39.6. The summed E-state index contributed by atoms with van der Waals surface area (Å²) in [7, 11) is 0. The lowest BCUT2D eigenvalue weighted by Crippen LogP contribution is -2.61. The smallest absolute Gasteiger partial charge is 0.306 e. The van der Waals surface area contributed by atoms with Gasteiger partial charge in [-0.05, 0) is 44.9 Å². The van der Waals surface area contributed by atoms with Crippen LogP contribution in [0.4, 0.5) is 0 Å². The van der Waals surface area contributed by atoms with Crippen molar-refractivity contribution >= 4 is 11.9 Å². The molecule has 0 spiro atoms. The third-order valence-electron chi connectivity index (χ3n) is 13.7. The molecular weight excluding hydrogens is 913 g/mol. The molecule has 0 aromatic carbocycles. The number of unbranched alkanes of at least 4 members (excludes halogenated alkanes) is 27. The molecule has 15 nitrogen and oxygen atoms in total. The van der Waals surface area contributed by atoms with Gasteiger partial charge in [0.1, 0.15) is 55.4 Å². The summed E-state index contributed by atoms with van der Waals surface area (Å²) < 4.78 is 33.7. The maximum atomic E-state index is 13.1. The largest absolute Gasteiger partial charge is 0.462 e. The molecule has 71 heavy (non-hydrogen) atoms. The van der Waals surface area contributed by atoms with Crippen molar-refractivity contribution in [2.45, 2.75) is 293 Å². The molecular formula is C56H102O15. The lowest BCUT2D eigenvalue weighted by Gasteiger charge is -2.42. The van der Waals surface area contributed by atoms with Crippen LogP contribution >= 0.6 is 0 Å². The van der Waals surface area contributed by atoms with Gasteiger partial charge in [0.15, 0.2) is 18.7 Å². The monoisotopic (exact) mass is 1010 g/mol. The number of hydrogen-bond donors (Lipinski definition) is 7. The number of hydrogen-bond acceptors (Lipinski definition) is 15. The molecule has 0 bridgehead atoms. The molecule has 2 aliphatic rings. The van der Waals surface area contributed by atoms with Gasteiger partial charge >= 0.3 is 11.9 Å². The number of carbonyl (C=O) groups excluding carboxylic acids is 2. The summed E-state index contributed by atoms with van der Waals surface area (Å²) in [4.78, 5) is 25.8. The van der Waals surface area contributed by atoms with E-state index in [1.165, 1.54) is 128 Å². The molecule has 0 aromatic rings. The van der Waals surface area contributed by atoms with E-state index in [0.29, 0.717) is 12.8 Å². The van der Waals surface area contributed by atoms with E-state index in [4.69, 9.17) is 28.4 Å². The van der Waals surface area contributed by atoms with Gasteiger partial charge in [0.2, 0.25) is 0 Å². The van der Waals surface area contributed by atoms with Crippen LogP contribution in [-0.2, 0) is 38.0 Å². The molecule has 2 fully saturated rings. The van der Waals surface area contributed by atoms with Crippen LogP contribution in [0.25, 0.3) is 0 Å². The molecule has 11 atom stereocenters. The van der Waals surface area contributed by atoms with Gasteiger partial charge in [0.05, 0.1) is 19.8 Å². The lowest BCUT2D eigenvalue weighted by atomic mass is 9.98. The minimum atomic E-state index is -1.76. The molecule has 0 saturated carbocycles. The first kappa shape index (κ1) is 65.1. The highest BCUT2D eigenvalue weighted by atomic mass is 16.7. The Balaban J connectivity index is 1.76. The predicted molar refractivity (Wildman–Crippen MR) is 275 cm³/mol. The van der Waals surface area contributed by atoms with Gasteiger partial charge < -0.3 is 64.2 Å². The molecule has 0 aromatic heterocycles. The molecule has 7 N–H and O–H groups in total. The Morgan fingerprint density at radius 3 is 1.31 bits per heavy atom. The fourth-order valence-corrected chi connectivity index (χ4v) is 9.01. The van der Waals surface area contributed by atoms with E-state index >= 15 is 0 Å². The van der Waals surface area contributed by atoms with Gasteiger partial charge in [-0.1, -0.05) is 192 Å². The van der Waals surface area contributed by atoms with Crippen LogP contribution < -0.4 is 0 Å². The van der Waals surface area contributed by atoms with E-state index in [2.05, 4.69) is 38.2 Å². The second kappa shape index (κ2) is 43.2. The van der Waals surface area contributed by atoms with Crippen LogP contribution in [0.5, 0.6) is 0 Å². The topological polar surface area (TPSA) is 231 Å². The fraction of sp³-hybridized carbons (Fsp3) is 0.893. The van der Waals surface area contributed by atoms with Crippen molar-refractivity contribution in [2.75, 3.05) is 26.4 Å². The van der Waals surface area contributed by atoms with Crippen LogP contribution in [0.1, 0.15) is 226 Å². The van der Waals surface area contributed by atoms with Gasteiger partial charge in [-0.2, -0.15) is 0 Å². The van der Waals surface area contributed by atoms with E-state index in [1.54, 1.807) is 0 Å². The van der Waals surface area contributed by atoms with Crippen molar-refractivity contribution in [1.29, 1.82) is 0 Å². The molecule has 2 aliphatic heterocycles. The number of ether oxygens (including phenoxy) is 6. The van der Waals surface area contributed by atoms with Crippen molar-refractivity contribution in [2.24, 2.45) is 0 Å². The molecule has 11 unspecified atom stereocenters. The first-order chi connectivity index (χ1) is 34.5. The van der Waals surface area contributed by atoms with E-state index in [-0.39, 0.29) is 26.1 Å². The van der Waals surface area contributed by atoms with Gasteiger partial charge in [0.25, 0.3) is 0 Å². The Labute approximate surface area is 428 Å². The lowest BCUT2D eigenvalue weighted by molar-refractivity contribution is -0.332. The van der Waals surface area contributed by atoms with Crippen LogP contribution in [0.15, 0.2) is 24.3 Å². The van der Waals surface area contributed by atoms with Crippen molar-refractivity contribution in [3.63, 3.8) is 0 Å². The summed E-state index contributed by atoms with van der Waals surface area (Å²) in [6, 6.07) is 0. The summed E-state index contributed by atoms with van der Waals surface area (Å²) in [5.74, 6) is -0.919. The molecule has 0 amide bonds. The standard InChI is InChI=1S/C56H102O15/c1-3-5-7-9-11-13-15-17-19-20-21-22-23-24-25-27-29-31-33-35-37-39-48(59)69-44(41-66-47(58)38-36-34-32-30-28-26-18-16-14-12-10-8-6-4-2)42-67-55-54(65)52(63)50(61)46(71-55)43-68-56-53(64)51(62)49(60)45(40-57)70-56/h15,17,20-21,44-46,49-57,60-65H,3-14,16,18-19,22-43H2,1-2H3/b17-15-,21-20-. The van der Waals surface area contributed by atoms with Gasteiger partial charge in [-0.3, -0.25) is 9.59 Å². The molecule has 15 heteroatoms. The number of rotatable bonds is 45. The molecule has 0 radical (unpaired) electrons. The minimum Gasteiger partial charge on any atom is -0.462 e. The third kappa shape index (κ3) is 30.8. The van der Waals surface area contributed by atoms with E-state index in [0.717, 1.165) is 57.8 Å². The highest BCUT2D eigenvalue weighted by Crippen LogP contribution is 2.27. The minimum absolute atomic E-state index is 0.163. The van der Waals surface area contributed by atoms with Crippen LogP contribution in [0.2, 0.25) is 0 Å². The zero-order chi connectivity index (χ0) is 51.7. The van der Waals surface area contributed by atoms with E-state index in [1.807, 2.05) is 0 Å². The molecule has 2 heterocycles. The van der Waals surface area contributed by atoms with Crippen LogP contribution in [0.3, 0.4) is 0 Å². The Hall–Kier alpha value is -2.02. The normalized spacial score (nSPS) is 25.3. The molecule has 2 rings (SSSR count). The Morgan fingerprint density at radius 1 is 0.451 bits per heavy atom. The molecule has 0 aliphatic carbocycles. The van der Waals surface area contributed by atoms with Gasteiger partial charge in [-0.25, -0.2) is 0 Å². The summed E-state index contributed by atoms with van der Waals surface area (Å²) in [5.41, 5.74) is 0. The second-order valence-corrected chi connectivity index (χ2v) is 20.1. The van der Waals surface area contributed by atoms with Gasteiger partial charge in [0, 0.05) is 12.8 Å². The zero-order valence-corrected chi connectivity index (χ0v) is 44.2. The van der Waals surface area contributed by atoms with Crippen LogP contribution in [-0.4, -0.2) is 142 Å². The fourth-order valence-electron chi connectivity index (χ4n) is 9.01. The Bertz CT molecular complexity index is 1330. The number of aliphatic hydroxyl groups is 7.